The standard InChI is InChI=1S/C14H15F3N4/c1-7-2-3-18-11(4-7)13-19-14(21-20-13)12-9(16)5-8(15)6-10(12)17/h5-7,11,18H,2-4H2,1H3,(H,19,20,21). The second-order valence-corrected chi connectivity index (χ2v) is 5.42. The van der Waals surface area contributed by atoms with Crippen molar-refractivity contribution in [2.45, 2.75) is 25.8 Å². The number of aromatic amines is 1. The van der Waals surface area contributed by atoms with Crippen LogP contribution in [0.4, 0.5) is 13.2 Å². The van der Waals surface area contributed by atoms with Crippen molar-refractivity contribution in [1.29, 1.82) is 0 Å². The molecule has 7 heteroatoms. The number of hydrogen-bond acceptors (Lipinski definition) is 3. The van der Waals surface area contributed by atoms with E-state index < -0.39 is 23.0 Å². The number of rotatable bonds is 2. The van der Waals surface area contributed by atoms with Crippen LogP contribution in [0.2, 0.25) is 0 Å². The number of H-pyrrole nitrogens is 1. The highest BCUT2D eigenvalue weighted by molar-refractivity contribution is 5.56. The quantitative estimate of drug-likeness (QED) is 0.896. The van der Waals surface area contributed by atoms with Gasteiger partial charge >= 0.3 is 0 Å². The normalized spacial score (nSPS) is 22.5. The fraction of sp³-hybridized carbons (Fsp3) is 0.429. The van der Waals surface area contributed by atoms with Crippen molar-refractivity contribution in [2.75, 3.05) is 6.54 Å². The average molecular weight is 296 g/mol. The lowest BCUT2D eigenvalue weighted by molar-refractivity contribution is 0.316. The zero-order chi connectivity index (χ0) is 15.0. The first-order chi connectivity index (χ1) is 10.0. The van der Waals surface area contributed by atoms with Crippen LogP contribution in [0.15, 0.2) is 12.1 Å². The monoisotopic (exact) mass is 296 g/mol. The minimum absolute atomic E-state index is 0.0124. The third-order valence-electron chi connectivity index (χ3n) is 3.73. The molecule has 1 aliphatic rings. The maximum Gasteiger partial charge on any atom is 0.187 e. The second-order valence-electron chi connectivity index (χ2n) is 5.42. The van der Waals surface area contributed by atoms with E-state index in [-0.39, 0.29) is 11.9 Å². The van der Waals surface area contributed by atoms with Gasteiger partial charge in [0.15, 0.2) is 5.82 Å². The Hall–Kier alpha value is -1.89. The molecular weight excluding hydrogens is 281 g/mol. The van der Waals surface area contributed by atoms with Gasteiger partial charge in [0.2, 0.25) is 0 Å². The van der Waals surface area contributed by atoms with E-state index in [9.17, 15) is 13.2 Å². The van der Waals surface area contributed by atoms with Crippen molar-refractivity contribution in [2.24, 2.45) is 5.92 Å². The van der Waals surface area contributed by atoms with Crippen LogP contribution < -0.4 is 5.32 Å². The van der Waals surface area contributed by atoms with Crippen molar-refractivity contribution in [1.82, 2.24) is 20.5 Å². The molecular formula is C14H15F3N4. The summed E-state index contributed by atoms with van der Waals surface area (Å²) in [4.78, 5) is 4.16. The van der Waals surface area contributed by atoms with Crippen molar-refractivity contribution >= 4 is 0 Å². The Morgan fingerprint density at radius 2 is 1.90 bits per heavy atom. The van der Waals surface area contributed by atoms with Crippen LogP contribution in [0.25, 0.3) is 11.4 Å². The van der Waals surface area contributed by atoms with Gasteiger partial charge in [0.05, 0.1) is 11.6 Å². The topological polar surface area (TPSA) is 53.6 Å². The Morgan fingerprint density at radius 1 is 1.19 bits per heavy atom. The molecule has 0 spiro atoms. The first kappa shape index (κ1) is 14.1. The van der Waals surface area contributed by atoms with Gasteiger partial charge in [0.25, 0.3) is 0 Å². The minimum atomic E-state index is -1.01. The Morgan fingerprint density at radius 3 is 2.57 bits per heavy atom. The number of piperidine rings is 1. The highest BCUT2D eigenvalue weighted by Crippen LogP contribution is 2.28. The first-order valence-electron chi connectivity index (χ1n) is 6.85. The molecule has 1 saturated heterocycles. The lowest BCUT2D eigenvalue weighted by Gasteiger charge is -2.26. The lowest BCUT2D eigenvalue weighted by Crippen LogP contribution is -2.31. The summed E-state index contributed by atoms with van der Waals surface area (Å²) in [5.41, 5.74) is -0.414. The van der Waals surface area contributed by atoms with E-state index in [4.69, 9.17) is 0 Å². The van der Waals surface area contributed by atoms with Gasteiger partial charge in [-0.25, -0.2) is 18.2 Å². The highest BCUT2D eigenvalue weighted by atomic mass is 19.1. The molecule has 0 saturated carbocycles. The Bertz CT molecular complexity index is 632. The van der Waals surface area contributed by atoms with Gasteiger partial charge in [-0.2, -0.15) is 5.10 Å². The minimum Gasteiger partial charge on any atom is -0.307 e. The zero-order valence-electron chi connectivity index (χ0n) is 11.5. The molecule has 2 heterocycles. The fourth-order valence-corrected chi connectivity index (χ4v) is 2.61. The molecule has 3 rings (SSSR count). The smallest absolute Gasteiger partial charge is 0.187 e. The maximum atomic E-state index is 13.7. The van der Waals surface area contributed by atoms with Crippen LogP contribution >= 0.6 is 0 Å². The van der Waals surface area contributed by atoms with Crippen molar-refractivity contribution < 1.29 is 13.2 Å². The van der Waals surface area contributed by atoms with Crippen LogP contribution in [0.3, 0.4) is 0 Å². The van der Waals surface area contributed by atoms with Crippen LogP contribution in [0, 0.1) is 23.4 Å². The number of nitrogens with zero attached hydrogens (tertiary/aromatic N) is 2. The summed E-state index contributed by atoms with van der Waals surface area (Å²) in [5.74, 6) is -2.00. The van der Waals surface area contributed by atoms with Gasteiger partial charge < -0.3 is 5.32 Å². The van der Waals surface area contributed by atoms with Crippen LogP contribution in [-0.4, -0.2) is 21.7 Å². The van der Waals surface area contributed by atoms with Gasteiger partial charge in [-0.05, 0) is 25.3 Å². The highest BCUT2D eigenvalue weighted by Gasteiger charge is 2.24. The Labute approximate surface area is 119 Å². The third-order valence-corrected chi connectivity index (χ3v) is 3.73. The second kappa shape index (κ2) is 5.48. The summed E-state index contributed by atoms with van der Waals surface area (Å²) in [5, 5.41) is 9.86. The molecule has 2 unspecified atom stereocenters. The number of aromatic nitrogens is 3. The molecule has 2 aromatic rings. The van der Waals surface area contributed by atoms with Gasteiger partial charge in [0.1, 0.15) is 23.3 Å². The molecule has 1 aliphatic heterocycles. The molecule has 2 atom stereocenters. The number of halogens is 3. The maximum absolute atomic E-state index is 13.7. The largest absolute Gasteiger partial charge is 0.307 e. The van der Waals surface area contributed by atoms with Crippen molar-refractivity contribution in [3.63, 3.8) is 0 Å². The van der Waals surface area contributed by atoms with Crippen molar-refractivity contribution in [3.05, 3.63) is 35.4 Å². The predicted octanol–water partition coefficient (Wildman–Crippen LogP) is 2.95. The van der Waals surface area contributed by atoms with Crippen LogP contribution in [0.1, 0.15) is 31.6 Å². The Balaban J connectivity index is 1.92. The van der Waals surface area contributed by atoms with E-state index in [0.717, 1.165) is 19.4 Å². The molecule has 0 radical (unpaired) electrons. The molecule has 21 heavy (non-hydrogen) atoms. The molecule has 0 bridgehead atoms. The van der Waals surface area contributed by atoms with E-state index >= 15 is 0 Å². The van der Waals surface area contributed by atoms with E-state index in [2.05, 4.69) is 27.4 Å². The molecule has 112 valence electrons. The summed E-state index contributed by atoms with van der Waals surface area (Å²) in [6.07, 6.45) is 1.96. The number of nitrogens with one attached hydrogen (secondary N) is 2. The Kier molecular flexibility index (Phi) is 3.67. The van der Waals surface area contributed by atoms with E-state index in [0.29, 0.717) is 23.9 Å². The first-order valence-corrected chi connectivity index (χ1v) is 6.85. The van der Waals surface area contributed by atoms with E-state index in [1.165, 1.54) is 0 Å². The summed E-state index contributed by atoms with van der Waals surface area (Å²) < 4.78 is 40.4. The molecule has 1 aromatic heterocycles. The lowest BCUT2D eigenvalue weighted by atomic mass is 9.94. The summed E-state index contributed by atoms with van der Waals surface area (Å²) in [7, 11) is 0. The summed E-state index contributed by atoms with van der Waals surface area (Å²) in [6.45, 7) is 3.01. The molecule has 1 fully saturated rings. The molecule has 2 N–H and O–H groups in total. The van der Waals surface area contributed by atoms with Crippen LogP contribution in [0.5, 0.6) is 0 Å². The van der Waals surface area contributed by atoms with Gasteiger partial charge in [-0.15, -0.1) is 0 Å². The third kappa shape index (κ3) is 2.78. The summed E-state index contributed by atoms with van der Waals surface area (Å²) >= 11 is 0. The predicted molar refractivity (Wildman–Crippen MR) is 70.8 cm³/mol. The molecule has 0 amide bonds. The van der Waals surface area contributed by atoms with E-state index in [1.807, 2.05) is 0 Å². The van der Waals surface area contributed by atoms with Crippen LogP contribution in [-0.2, 0) is 0 Å². The molecule has 1 aromatic carbocycles. The zero-order valence-corrected chi connectivity index (χ0v) is 11.5. The molecule has 4 nitrogen and oxygen atoms in total. The fourth-order valence-electron chi connectivity index (χ4n) is 2.61. The van der Waals surface area contributed by atoms with E-state index in [1.54, 1.807) is 0 Å². The van der Waals surface area contributed by atoms with Gasteiger partial charge in [-0.3, -0.25) is 5.10 Å². The molecule has 0 aliphatic carbocycles. The van der Waals surface area contributed by atoms with Gasteiger partial charge in [0, 0.05) is 12.1 Å². The average Bonchev–Trinajstić information content (AvgIpc) is 2.87. The van der Waals surface area contributed by atoms with Gasteiger partial charge in [-0.1, -0.05) is 6.92 Å². The van der Waals surface area contributed by atoms with Crippen molar-refractivity contribution in [3.8, 4) is 11.4 Å². The number of hydrogen-bond donors (Lipinski definition) is 2. The SMILES string of the molecule is CC1CCNC(c2nc(-c3c(F)cc(F)cc3F)n[nH]2)C1. The number of benzene rings is 1. The summed E-state index contributed by atoms with van der Waals surface area (Å²) in [6, 6.07) is 1.23.